The molecule has 6 heteroatoms. The van der Waals surface area contributed by atoms with Crippen molar-refractivity contribution in [2.45, 2.75) is 13.8 Å². The van der Waals surface area contributed by atoms with Gasteiger partial charge in [-0.1, -0.05) is 6.07 Å². The summed E-state index contributed by atoms with van der Waals surface area (Å²) in [5, 5.41) is 10.2. The lowest BCUT2D eigenvalue weighted by Gasteiger charge is -2.05. The van der Waals surface area contributed by atoms with Crippen molar-refractivity contribution in [2.75, 3.05) is 0 Å². The number of phenols is 1. The summed E-state index contributed by atoms with van der Waals surface area (Å²) >= 11 is 4.35. The molecule has 4 rings (SSSR count). The van der Waals surface area contributed by atoms with Gasteiger partial charge in [-0.05, 0) is 113 Å². The molecule has 0 amide bonds. The van der Waals surface area contributed by atoms with Gasteiger partial charge in [-0.3, -0.25) is 4.99 Å². The Morgan fingerprint density at radius 1 is 1.04 bits per heavy atom. The van der Waals surface area contributed by atoms with Crippen molar-refractivity contribution in [3.8, 4) is 17.2 Å². The molecule has 28 heavy (non-hydrogen) atoms. The largest absolute Gasteiger partial charge is 0.506 e. The molecule has 0 aliphatic heterocycles. The van der Waals surface area contributed by atoms with Crippen LogP contribution in [-0.2, 0) is 0 Å². The van der Waals surface area contributed by atoms with Gasteiger partial charge in [0.15, 0.2) is 5.58 Å². The highest BCUT2D eigenvalue weighted by molar-refractivity contribution is 14.1. The van der Waals surface area contributed by atoms with E-state index in [1.54, 1.807) is 6.21 Å². The minimum atomic E-state index is 0.251. The van der Waals surface area contributed by atoms with E-state index in [0.29, 0.717) is 11.5 Å². The maximum atomic E-state index is 10.2. The number of halogens is 2. The Morgan fingerprint density at radius 3 is 2.64 bits per heavy atom. The second kappa shape index (κ2) is 7.82. The molecule has 0 radical (unpaired) electrons. The topological polar surface area (TPSA) is 58.6 Å². The van der Waals surface area contributed by atoms with Gasteiger partial charge in [0.25, 0.3) is 0 Å². The predicted octanol–water partition coefficient (Wildman–Crippen LogP) is 6.78. The second-order valence-electron chi connectivity index (χ2n) is 6.58. The molecule has 0 aliphatic rings. The molecule has 1 aromatic heterocycles. The Kier molecular flexibility index (Phi) is 5.42. The Labute approximate surface area is 190 Å². The van der Waals surface area contributed by atoms with E-state index in [1.165, 1.54) is 0 Å². The number of fused-ring (bicyclic) bond motifs is 1. The molecule has 0 saturated heterocycles. The van der Waals surface area contributed by atoms with Gasteiger partial charge in [0.2, 0.25) is 5.89 Å². The summed E-state index contributed by atoms with van der Waals surface area (Å²) in [6, 6.07) is 15.7. The van der Waals surface area contributed by atoms with Crippen molar-refractivity contribution < 1.29 is 9.52 Å². The molecule has 140 valence electrons. The minimum absolute atomic E-state index is 0.251. The van der Waals surface area contributed by atoms with Crippen molar-refractivity contribution in [1.29, 1.82) is 0 Å². The van der Waals surface area contributed by atoms with Crippen LogP contribution in [0.2, 0.25) is 0 Å². The number of aryl methyl sites for hydroxylation is 2. The summed E-state index contributed by atoms with van der Waals surface area (Å²) in [6.07, 6.45) is 1.70. The van der Waals surface area contributed by atoms with E-state index in [1.807, 2.05) is 62.4 Å². The van der Waals surface area contributed by atoms with Crippen molar-refractivity contribution in [1.82, 2.24) is 4.98 Å². The highest BCUT2D eigenvalue weighted by Gasteiger charge is 2.10. The lowest BCUT2D eigenvalue weighted by molar-refractivity contribution is 0.470. The number of hydrogen-bond acceptors (Lipinski definition) is 4. The maximum Gasteiger partial charge on any atom is 0.227 e. The molecular formula is C22H16I2N2O2. The first kappa shape index (κ1) is 19.4. The van der Waals surface area contributed by atoms with Gasteiger partial charge in [0.1, 0.15) is 11.3 Å². The molecule has 0 bridgehead atoms. The molecule has 3 aromatic carbocycles. The maximum absolute atomic E-state index is 10.2. The van der Waals surface area contributed by atoms with E-state index in [-0.39, 0.29) is 5.75 Å². The standard InChI is InChI=1S/C22H16I2N2O2/c1-12-3-6-20-19(7-12)26-22(28-20)14-4-5-18(13(2)8-14)25-11-15-9-16(23)10-17(24)21(15)27/h3-11,27H,1-2H3. The van der Waals surface area contributed by atoms with Crippen LogP contribution in [-0.4, -0.2) is 16.3 Å². The molecule has 0 atom stereocenters. The normalized spacial score (nSPS) is 11.6. The Bertz CT molecular complexity index is 1230. The lowest BCUT2D eigenvalue weighted by atomic mass is 10.1. The Hall–Kier alpha value is -1.94. The molecular weight excluding hydrogens is 578 g/mol. The Morgan fingerprint density at radius 2 is 1.86 bits per heavy atom. The summed E-state index contributed by atoms with van der Waals surface area (Å²) in [6.45, 7) is 4.04. The highest BCUT2D eigenvalue weighted by Crippen LogP contribution is 2.30. The molecule has 4 aromatic rings. The first-order valence-corrected chi connectivity index (χ1v) is 10.8. The van der Waals surface area contributed by atoms with Gasteiger partial charge in [-0.2, -0.15) is 0 Å². The van der Waals surface area contributed by atoms with Gasteiger partial charge in [0, 0.05) is 20.9 Å². The number of oxazole rings is 1. The number of aliphatic imine (C=N–C) groups is 1. The van der Waals surface area contributed by atoms with Crippen LogP contribution in [0, 0.1) is 21.0 Å². The summed E-state index contributed by atoms with van der Waals surface area (Å²) in [5.74, 6) is 0.852. The lowest BCUT2D eigenvalue weighted by Crippen LogP contribution is -1.88. The van der Waals surface area contributed by atoms with Crippen LogP contribution in [0.4, 0.5) is 5.69 Å². The molecule has 0 saturated carbocycles. The van der Waals surface area contributed by atoms with E-state index in [4.69, 9.17) is 4.42 Å². The van der Waals surface area contributed by atoms with Crippen molar-refractivity contribution >= 4 is 68.2 Å². The first-order chi connectivity index (χ1) is 13.4. The van der Waals surface area contributed by atoms with E-state index < -0.39 is 0 Å². The van der Waals surface area contributed by atoms with Crippen LogP contribution in [0.3, 0.4) is 0 Å². The van der Waals surface area contributed by atoms with Gasteiger partial charge < -0.3 is 9.52 Å². The third kappa shape index (κ3) is 3.93. The summed E-state index contributed by atoms with van der Waals surface area (Å²) in [4.78, 5) is 9.16. The zero-order valence-corrected chi connectivity index (χ0v) is 19.5. The molecule has 0 unspecified atom stereocenters. The van der Waals surface area contributed by atoms with Crippen molar-refractivity contribution in [3.63, 3.8) is 0 Å². The fourth-order valence-electron chi connectivity index (χ4n) is 2.92. The smallest absolute Gasteiger partial charge is 0.227 e. The third-order valence-electron chi connectivity index (χ3n) is 4.39. The average molecular weight is 594 g/mol. The quantitative estimate of drug-likeness (QED) is 0.210. The molecule has 0 aliphatic carbocycles. The predicted molar refractivity (Wildman–Crippen MR) is 130 cm³/mol. The van der Waals surface area contributed by atoms with Crippen molar-refractivity contribution in [2.24, 2.45) is 4.99 Å². The third-order valence-corrected chi connectivity index (χ3v) is 5.83. The van der Waals surface area contributed by atoms with Crippen LogP contribution >= 0.6 is 45.2 Å². The Balaban J connectivity index is 1.66. The summed E-state index contributed by atoms with van der Waals surface area (Å²) < 4.78 is 7.76. The minimum Gasteiger partial charge on any atom is -0.506 e. The highest BCUT2D eigenvalue weighted by atomic mass is 127. The molecule has 1 N–H and O–H groups in total. The van der Waals surface area contributed by atoms with Crippen LogP contribution < -0.4 is 0 Å². The van der Waals surface area contributed by atoms with Crippen LogP contribution in [0.5, 0.6) is 5.75 Å². The van der Waals surface area contributed by atoms with E-state index >= 15 is 0 Å². The second-order valence-corrected chi connectivity index (χ2v) is 8.98. The molecule has 0 fully saturated rings. The molecule has 4 nitrogen and oxygen atoms in total. The summed E-state index contributed by atoms with van der Waals surface area (Å²) in [5.41, 5.74) is 6.26. The van der Waals surface area contributed by atoms with Crippen LogP contribution in [0.1, 0.15) is 16.7 Å². The van der Waals surface area contributed by atoms with E-state index in [9.17, 15) is 5.11 Å². The molecule has 1 heterocycles. The van der Waals surface area contributed by atoms with Gasteiger partial charge in [-0.15, -0.1) is 0 Å². The first-order valence-electron chi connectivity index (χ1n) is 8.61. The number of phenolic OH excluding ortho intramolecular Hbond substituents is 1. The number of hydrogen-bond donors (Lipinski definition) is 1. The number of aromatic nitrogens is 1. The number of rotatable bonds is 3. The van der Waals surface area contributed by atoms with Gasteiger partial charge >= 0.3 is 0 Å². The number of nitrogens with zero attached hydrogens (tertiary/aromatic N) is 2. The van der Waals surface area contributed by atoms with Gasteiger partial charge in [0.05, 0.1) is 9.26 Å². The monoisotopic (exact) mass is 594 g/mol. The van der Waals surface area contributed by atoms with E-state index in [0.717, 1.165) is 40.6 Å². The molecule has 0 spiro atoms. The fraction of sp³-hybridized carbons (Fsp3) is 0.0909. The zero-order valence-electron chi connectivity index (χ0n) is 15.2. The van der Waals surface area contributed by atoms with E-state index in [2.05, 4.69) is 55.2 Å². The average Bonchev–Trinajstić information content (AvgIpc) is 3.07. The van der Waals surface area contributed by atoms with Crippen LogP contribution in [0.15, 0.2) is 57.9 Å². The number of aromatic hydroxyl groups is 1. The number of benzene rings is 3. The van der Waals surface area contributed by atoms with Crippen molar-refractivity contribution in [3.05, 3.63) is 72.4 Å². The summed E-state index contributed by atoms with van der Waals surface area (Å²) in [7, 11) is 0. The SMILES string of the molecule is Cc1ccc2oc(-c3ccc(N=Cc4cc(I)cc(I)c4O)c(C)c3)nc2c1. The zero-order chi connectivity index (χ0) is 19.8. The van der Waals surface area contributed by atoms with Gasteiger partial charge in [-0.25, -0.2) is 4.98 Å². The fourth-order valence-corrected chi connectivity index (χ4v) is 4.81. The van der Waals surface area contributed by atoms with Crippen LogP contribution in [0.25, 0.3) is 22.6 Å².